The number of aliphatic hydroxyl groups is 1. The van der Waals surface area contributed by atoms with Crippen molar-refractivity contribution in [3.63, 3.8) is 0 Å². The minimum Gasteiger partial charge on any atom is -0.455 e. The Morgan fingerprint density at radius 3 is 2.53 bits per heavy atom. The normalized spacial score (nSPS) is 36.0. The van der Waals surface area contributed by atoms with Crippen LogP contribution in [0, 0.1) is 11.8 Å². The third kappa shape index (κ3) is 5.29. The second-order valence-corrected chi connectivity index (χ2v) is 12.4. The fourth-order valence-corrected chi connectivity index (χ4v) is 7.76. The number of rotatable bonds is 4. The van der Waals surface area contributed by atoms with E-state index in [2.05, 4.69) is 5.32 Å². The lowest BCUT2D eigenvalue weighted by molar-refractivity contribution is -0.161. The van der Waals surface area contributed by atoms with Gasteiger partial charge in [0.1, 0.15) is 23.7 Å². The SMILES string of the molecule is C[C@H]1NC(=O)CC/C=C\CN(C2CCCCC2)C(=O)[C@@H]2N(CCO)C(=O)[C@H]3[C@H](C(=O)O[C@@H]1c1ccccc1)[C@@H]1C=C[C@]23O1. The van der Waals surface area contributed by atoms with Crippen molar-refractivity contribution in [3.05, 3.63) is 60.2 Å². The van der Waals surface area contributed by atoms with E-state index in [9.17, 15) is 24.3 Å². The molecular formula is C33H41N3O7. The molecule has 43 heavy (non-hydrogen) atoms. The predicted octanol–water partition coefficient (Wildman–Crippen LogP) is 2.43. The van der Waals surface area contributed by atoms with E-state index in [-0.39, 0.29) is 43.3 Å². The molecule has 0 unspecified atom stereocenters. The molecule has 5 bridgehead atoms. The van der Waals surface area contributed by atoms with E-state index in [1.807, 2.05) is 47.4 Å². The molecule has 1 aromatic rings. The van der Waals surface area contributed by atoms with Gasteiger partial charge in [-0.2, -0.15) is 0 Å². The van der Waals surface area contributed by atoms with Crippen LogP contribution in [0.4, 0.5) is 0 Å². The number of hydrogen-bond donors (Lipinski definition) is 2. The van der Waals surface area contributed by atoms with E-state index in [0.717, 1.165) is 32.1 Å². The van der Waals surface area contributed by atoms with Crippen LogP contribution in [0.3, 0.4) is 0 Å². The van der Waals surface area contributed by atoms with Gasteiger partial charge < -0.3 is 29.7 Å². The number of nitrogens with zero attached hydrogens (tertiary/aromatic N) is 2. The highest BCUT2D eigenvalue weighted by atomic mass is 16.6. The molecule has 3 fully saturated rings. The van der Waals surface area contributed by atoms with Gasteiger partial charge >= 0.3 is 5.97 Å². The molecule has 7 atom stereocenters. The van der Waals surface area contributed by atoms with Crippen molar-refractivity contribution in [2.75, 3.05) is 19.7 Å². The van der Waals surface area contributed by atoms with Crippen molar-refractivity contribution in [1.29, 1.82) is 0 Å². The molecule has 4 aliphatic heterocycles. The number of carbonyl (C=O) groups is 4. The zero-order valence-corrected chi connectivity index (χ0v) is 24.6. The zero-order chi connectivity index (χ0) is 30.1. The smallest absolute Gasteiger partial charge is 0.313 e. The van der Waals surface area contributed by atoms with Gasteiger partial charge in [0, 0.05) is 25.6 Å². The summed E-state index contributed by atoms with van der Waals surface area (Å²) < 4.78 is 12.6. The molecular weight excluding hydrogens is 550 g/mol. The van der Waals surface area contributed by atoms with Crippen LogP contribution in [0.5, 0.6) is 0 Å². The molecule has 3 amide bonds. The maximum atomic E-state index is 14.6. The first-order valence-corrected chi connectivity index (χ1v) is 15.6. The quantitative estimate of drug-likeness (QED) is 0.407. The third-order valence-electron chi connectivity index (χ3n) is 9.74. The van der Waals surface area contributed by atoms with Crippen molar-refractivity contribution < 1.29 is 33.8 Å². The van der Waals surface area contributed by atoms with Crippen LogP contribution in [0.1, 0.15) is 63.5 Å². The Balaban J connectivity index is 1.40. The highest BCUT2D eigenvalue weighted by Gasteiger charge is 2.73. The summed E-state index contributed by atoms with van der Waals surface area (Å²) in [5.74, 6) is -3.34. The number of aliphatic hydroxyl groups excluding tert-OH is 1. The fraction of sp³-hybridized carbons (Fsp3) is 0.576. The minimum absolute atomic E-state index is 0.00800. The average molecular weight is 592 g/mol. The molecule has 0 aromatic heterocycles. The molecule has 230 valence electrons. The number of β-amino-alcohol motifs (C(OH)–C–C–N with tert-alkyl or cyclic N) is 1. The topological polar surface area (TPSA) is 125 Å². The number of ether oxygens (including phenoxy) is 2. The average Bonchev–Trinajstić information content (AvgIpc) is 3.65. The molecule has 6 rings (SSSR count). The summed E-state index contributed by atoms with van der Waals surface area (Å²) in [5.41, 5.74) is -0.615. The van der Waals surface area contributed by atoms with Gasteiger partial charge in [0.15, 0.2) is 0 Å². The summed E-state index contributed by atoms with van der Waals surface area (Å²) in [5, 5.41) is 12.9. The first kappa shape index (κ1) is 29.6. The molecule has 1 saturated carbocycles. The second kappa shape index (κ2) is 12.2. The Morgan fingerprint density at radius 2 is 1.79 bits per heavy atom. The lowest BCUT2D eigenvalue weighted by Crippen LogP contribution is -2.58. The maximum absolute atomic E-state index is 14.6. The molecule has 10 heteroatoms. The monoisotopic (exact) mass is 591 g/mol. The number of esters is 1. The van der Waals surface area contributed by atoms with Gasteiger partial charge in [-0.3, -0.25) is 19.2 Å². The van der Waals surface area contributed by atoms with Crippen molar-refractivity contribution >= 4 is 23.7 Å². The van der Waals surface area contributed by atoms with Crippen LogP contribution in [0.15, 0.2) is 54.6 Å². The summed E-state index contributed by atoms with van der Waals surface area (Å²) in [6, 6.07) is 7.67. The van der Waals surface area contributed by atoms with Crippen LogP contribution in [0.2, 0.25) is 0 Å². The van der Waals surface area contributed by atoms with Gasteiger partial charge in [0.05, 0.1) is 24.7 Å². The van der Waals surface area contributed by atoms with Crippen LogP contribution >= 0.6 is 0 Å². The highest BCUT2D eigenvalue weighted by Crippen LogP contribution is 2.56. The van der Waals surface area contributed by atoms with Gasteiger partial charge in [-0.15, -0.1) is 0 Å². The minimum atomic E-state index is -1.33. The summed E-state index contributed by atoms with van der Waals surface area (Å²) in [6.07, 6.45) is 11.5. The van der Waals surface area contributed by atoms with Crippen LogP contribution in [-0.4, -0.2) is 88.1 Å². The highest BCUT2D eigenvalue weighted by molar-refractivity contribution is 5.99. The molecule has 2 N–H and O–H groups in total. The van der Waals surface area contributed by atoms with Crippen molar-refractivity contribution in [1.82, 2.24) is 15.1 Å². The molecule has 5 aliphatic rings. The van der Waals surface area contributed by atoms with E-state index >= 15 is 0 Å². The van der Waals surface area contributed by atoms with E-state index in [0.29, 0.717) is 18.5 Å². The second-order valence-electron chi connectivity index (χ2n) is 12.4. The summed E-state index contributed by atoms with van der Waals surface area (Å²) >= 11 is 0. The van der Waals surface area contributed by atoms with Crippen molar-refractivity contribution in [2.45, 2.75) is 87.8 Å². The van der Waals surface area contributed by atoms with Crippen molar-refractivity contribution in [3.8, 4) is 0 Å². The Kier molecular flexibility index (Phi) is 8.42. The molecule has 2 saturated heterocycles. The fourth-order valence-electron chi connectivity index (χ4n) is 7.76. The van der Waals surface area contributed by atoms with Gasteiger partial charge in [-0.25, -0.2) is 0 Å². The maximum Gasteiger partial charge on any atom is 0.313 e. The van der Waals surface area contributed by atoms with Crippen LogP contribution in [0.25, 0.3) is 0 Å². The molecule has 4 heterocycles. The number of allylic oxidation sites excluding steroid dienone is 1. The Bertz CT molecular complexity index is 1290. The van der Waals surface area contributed by atoms with Crippen LogP contribution in [-0.2, 0) is 28.7 Å². The Hall–Kier alpha value is -3.50. The van der Waals surface area contributed by atoms with Gasteiger partial charge in [-0.1, -0.05) is 73.9 Å². The van der Waals surface area contributed by atoms with Crippen molar-refractivity contribution in [2.24, 2.45) is 11.8 Å². The Morgan fingerprint density at radius 1 is 1.02 bits per heavy atom. The molecule has 1 spiro atoms. The molecule has 1 aromatic carbocycles. The predicted molar refractivity (Wildman–Crippen MR) is 156 cm³/mol. The third-order valence-corrected chi connectivity index (χ3v) is 9.74. The summed E-state index contributed by atoms with van der Waals surface area (Å²) in [6.45, 7) is 1.78. The standard InChI is InChI=1S/C33H41N3O7/c1-21-28(22-11-5-2-6-12-22)42-32(41)26-24-16-17-33(43-24)27(26)30(39)36(19-20-37)29(33)31(40)35(23-13-7-3-8-14-23)18-10-4-9-15-25(38)34-21/h2,4-6,10-12,16-17,21,23-24,26-29,37H,3,7-9,13-15,18-20H2,1H3,(H,34,38)/b10-4-/t21-,24+,26-,27-,28+,29+,33-/m1/s1. The van der Waals surface area contributed by atoms with Gasteiger partial charge in [0.25, 0.3) is 0 Å². The number of likely N-dealkylation sites (tertiary alicyclic amines) is 1. The molecule has 10 nitrogen and oxygen atoms in total. The Labute approximate surface area is 252 Å². The number of amides is 3. The largest absolute Gasteiger partial charge is 0.455 e. The van der Waals surface area contributed by atoms with Crippen LogP contribution < -0.4 is 5.32 Å². The first-order valence-electron chi connectivity index (χ1n) is 15.6. The number of hydrogen-bond acceptors (Lipinski definition) is 7. The van der Waals surface area contributed by atoms with E-state index in [4.69, 9.17) is 9.47 Å². The van der Waals surface area contributed by atoms with Gasteiger partial charge in [0.2, 0.25) is 17.7 Å². The summed E-state index contributed by atoms with van der Waals surface area (Å²) in [4.78, 5) is 58.9. The number of cyclic esters (lactones) is 1. The number of nitrogens with one attached hydrogen (secondary N) is 1. The number of benzene rings is 1. The molecule has 1 aliphatic carbocycles. The number of fused-ring (bicyclic) bond motifs is 2. The zero-order valence-electron chi connectivity index (χ0n) is 24.6. The molecule has 0 radical (unpaired) electrons. The van der Waals surface area contributed by atoms with E-state index < -0.39 is 47.7 Å². The summed E-state index contributed by atoms with van der Waals surface area (Å²) in [7, 11) is 0. The van der Waals surface area contributed by atoms with E-state index in [1.165, 1.54) is 4.90 Å². The van der Waals surface area contributed by atoms with Gasteiger partial charge in [-0.05, 0) is 31.7 Å². The lowest BCUT2D eigenvalue weighted by atomic mass is 9.74. The lowest BCUT2D eigenvalue weighted by Gasteiger charge is -2.40. The first-order chi connectivity index (χ1) is 20.9. The number of carbonyl (C=O) groups excluding carboxylic acids is 4. The van der Waals surface area contributed by atoms with E-state index in [1.54, 1.807) is 19.1 Å².